The highest BCUT2D eigenvalue weighted by molar-refractivity contribution is 5.74. The molecule has 1 N–H and O–H groups in total. The number of ether oxygens (including phenoxy) is 10. The number of rotatable bonds is 14. The summed E-state index contributed by atoms with van der Waals surface area (Å²) in [5, 5.41) is 2.58. The Morgan fingerprint density at radius 1 is 0.574 bits per heavy atom. The van der Waals surface area contributed by atoms with E-state index in [1.165, 1.54) is 13.0 Å². The molecule has 2 rings (SSSR count). The third kappa shape index (κ3) is 12.2. The summed E-state index contributed by atoms with van der Waals surface area (Å²) in [6, 6.07) is -1.16. The molecular weight excluding hydrogens is 634 g/mol. The summed E-state index contributed by atoms with van der Waals surface area (Å²) in [6.45, 7) is 10.2. The molecule has 18 nitrogen and oxygen atoms in total. The van der Waals surface area contributed by atoms with Crippen molar-refractivity contribution in [3.8, 4) is 0 Å². The van der Waals surface area contributed by atoms with Gasteiger partial charge >= 0.3 is 35.8 Å². The lowest BCUT2D eigenvalue weighted by Gasteiger charge is -2.46. The molecule has 0 aliphatic carbocycles. The topological polar surface area (TPSA) is 224 Å². The molecule has 2 fully saturated rings. The lowest BCUT2D eigenvalue weighted by atomic mass is 9.95. The molecular formula is C29H41NO17. The molecule has 0 spiro atoms. The van der Waals surface area contributed by atoms with E-state index in [0.717, 1.165) is 41.5 Å². The number of nitrogens with one attached hydrogen (secondary N) is 1. The molecule has 10 atom stereocenters. The first-order valence-electron chi connectivity index (χ1n) is 14.5. The minimum atomic E-state index is -1.61. The molecule has 264 valence electrons. The van der Waals surface area contributed by atoms with Crippen molar-refractivity contribution in [2.45, 2.75) is 110 Å². The predicted octanol–water partition coefficient (Wildman–Crippen LogP) is -0.618. The average molecular weight is 676 g/mol. The highest BCUT2D eigenvalue weighted by atomic mass is 16.8. The number of hydrogen-bond acceptors (Lipinski definition) is 17. The van der Waals surface area contributed by atoms with Crippen LogP contribution in [0.1, 0.15) is 48.5 Å². The molecule has 0 saturated carbocycles. The average Bonchev–Trinajstić information content (AvgIpc) is 2.93. The van der Waals surface area contributed by atoms with Crippen LogP contribution in [0.15, 0.2) is 12.7 Å². The van der Waals surface area contributed by atoms with E-state index < -0.39 is 116 Å². The molecule has 0 bridgehead atoms. The van der Waals surface area contributed by atoms with Crippen LogP contribution in [0.5, 0.6) is 0 Å². The Hall–Kier alpha value is -4.13. The van der Waals surface area contributed by atoms with Gasteiger partial charge in [-0.3, -0.25) is 33.6 Å². The lowest BCUT2D eigenvalue weighted by Crippen LogP contribution is -2.67. The molecule has 0 unspecified atom stereocenters. The Bertz CT molecular complexity index is 1170. The second-order valence-corrected chi connectivity index (χ2v) is 10.4. The fraction of sp³-hybridized carbons (Fsp3) is 0.690. The first kappa shape index (κ1) is 39.1. The van der Waals surface area contributed by atoms with Crippen LogP contribution >= 0.6 is 0 Å². The van der Waals surface area contributed by atoms with E-state index in [-0.39, 0.29) is 6.61 Å². The van der Waals surface area contributed by atoms with Crippen LogP contribution in [0.4, 0.5) is 0 Å². The van der Waals surface area contributed by atoms with Gasteiger partial charge < -0.3 is 52.7 Å². The molecule has 0 aromatic heterocycles. The van der Waals surface area contributed by atoms with Gasteiger partial charge in [0.05, 0.1) is 13.2 Å². The molecule has 2 heterocycles. The van der Waals surface area contributed by atoms with Crippen molar-refractivity contribution in [3.05, 3.63) is 12.7 Å². The summed E-state index contributed by atoms with van der Waals surface area (Å²) in [5.74, 6) is -5.38. The molecule has 0 radical (unpaired) electrons. The largest absolute Gasteiger partial charge is 0.463 e. The van der Waals surface area contributed by atoms with Crippen molar-refractivity contribution in [2.75, 3.05) is 19.8 Å². The summed E-state index contributed by atoms with van der Waals surface area (Å²) in [6.07, 6.45) is -11.4. The first-order valence-corrected chi connectivity index (χ1v) is 14.5. The van der Waals surface area contributed by atoms with Crippen molar-refractivity contribution < 1.29 is 80.9 Å². The highest BCUT2D eigenvalue weighted by Gasteiger charge is 2.55. The van der Waals surface area contributed by atoms with Crippen molar-refractivity contribution in [1.82, 2.24) is 5.32 Å². The Balaban J connectivity index is 2.55. The van der Waals surface area contributed by atoms with Crippen LogP contribution in [0.3, 0.4) is 0 Å². The zero-order chi connectivity index (χ0) is 35.4. The van der Waals surface area contributed by atoms with Crippen LogP contribution in [-0.4, -0.2) is 123 Å². The Labute approximate surface area is 270 Å². The Kier molecular flexibility index (Phi) is 15.2. The summed E-state index contributed by atoms with van der Waals surface area (Å²) in [7, 11) is 0. The molecule has 18 heteroatoms. The molecule has 2 saturated heterocycles. The number of carbonyl (C=O) groups is 7. The molecule has 0 aromatic rings. The van der Waals surface area contributed by atoms with Crippen LogP contribution in [0.2, 0.25) is 0 Å². The van der Waals surface area contributed by atoms with Crippen molar-refractivity contribution in [2.24, 2.45) is 0 Å². The molecule has 2 aliphatic rings. The summed E-state index contributed by atoms with van der Waals surface area (Å²) < 4.78 is 55.8. The van der Waals surface area contributed by atoms with Crippen molar-refractivity contribution in [3.63, 3.8) is 0 Å². The minimum absolute atomic E-state index is 0.0704. The summed E-state index contributed by atoms with van der Waals surface area (Å²) in [5.41, 5.74) is 0. The van der Waals surface area contributed by atoms with Crippen LogP contribution in [-0.2, 0) is 80.9 Å². The van der Waals surface area contributed by atoms with Gasteiger partial charge in [-0.1, -0.05) is 6.08 Å². The van der Waals surface area contributed by atoms with Gasteiger partial charge in [-0.05, 0) is 0 Å². The highest BCUT2D eigenvalue weighted by Crippen LogP contribution is 2.32. The van der Waals surface area contributed by atoms with Gasteiger partial charge in [-0.2, -0.15) is 0 Å². The number of carbonyl (C=O) groups excluding carboxylic acids is 7. The maximum atomic E-state index is 12.2. The normalized spacial score (nSPS) is 30.1. The van der Waals surface area contributed by atoms with Crippen molar-refractivity contribution >= 4 is 41.7 Å². The second-order valence-electron chi connectivity index (χ2n) is 10.4. The monoisotopic (exact) mass is 675 g/mol. The lowest BCUT2D eigenvalue weighted by molar-refractivity contribution is -0.324. The Morgan fingerprint density at radius 3 is 1.51 bits per heavy atom. The van der Waals surface area contributed by atoms with Crippen LogP contribution < -0.4 is 5.32 Å². The maximum Gasteiger partial charge on any atom is 0.303 e. The van der Waals surface area contributed by atoms with E-state index in [2.05, 4.69) is 11.9 Å². The zero-order valence-corrected chi connectivity index (χ0v) is 27.1. The molecule has 47 heavy (non-hydrogen) atoms. The van der Waals surface area contributed by atoms with E-state index in [1.807, 2.05) is 0 Å². The standard InChI is InChI=1S/C29H41NO17/c1-9-10-38-28-22(30-13(2)31)25(43-17(6)35)23(41-15(4)33)21(46-28)12-40-29-27(45-19(8)37)26(44-18(7)36)24(42-16(5)34)20(47-29)11-39-14(3)32/h9,20-29H,1,10-12H2,2-8H3,(H,30,31)/t20-,21-,22-,23+,24-,25-,26+,27-,28+,29-/m1/s1. The Morgan fingerprint density at radius 2 is 1.02 bits per heavy atom. The van der Waals surface area contributed by atoms with Gasteiger partial charge in [-0.15, -0.1) is 6.58 Å². The minimum Gasteiger partial charge on any atom is -0.463 e. The van der Waals surface area contributed by atoms with Crippen LogP contribution in [0, 0.1) is 0 Å². The number of hydrogen-bond donors (Lipinski definition) is 1. The molecule has 0 aromatic carbocycles. The van der Waals surface area contributed by atoms with E-state index >= 15 is 0 Å². The maximum absolute atomic E-state index is 12.2. The summed E-state index contributed by atoms with van der Waals surface area (Å²) >= 11 is 0. The SMILES string of the molecule is C=CCO[C@H]1O[C@H](CO[C@@H]2O[C@H](COC(C)=O)[C@@H](OC(C)=O)[C@H](OC(C)=O)[C@H]2OC(C)=O)[C@H](OC(C)=O)[C@H](OC(C)=O)[C@H]1NC(C)=O. The fourth-order valence-electron chi connectivity index (χ4n) is 4.91. The zero-order valence-electron chi connectivity index (χ0n) is 27.1. The van der Waals surface area contributed by atoms with Gasteiger partial charge in [0.2, 0.25) is 5.91 Å². The van der Waals surface area contributed by atoms with E-state index in [9.17, 15) is 33.6 Å². The molecule has 1 amide bonds. The van der Waals surface area contributed by atoms with Gasteiger partial charge in [0.15, 0.2) is 43.1 Å². The molecule has 2 aliphatic heterocycles. The number of esters is 6. The van der Waals surface area contributed by atoms with E-state index in [4.69, 9.17) is 47.4 Å². The number of amides is 1. The van der Waals surface area contributed by atoms with E-state index in [1.54, 1.807) is 0 Å². The van der Waals surface area contributed by atoms with Gasteiger partial charge in [0.1, 0.15) is 24.9 Å². The van der Waals surface area contributed by atoms with Crippen LogP contribution in [0.25, 0.3) is 0 Å². The van der Waals surface area contributed by atoms with E-state index in [0.29, 0.717) is 0 Å². The van der Waals surface area contributed by atoms with Gasteiger partial charge in [0.25, 0.3) is 0 Å². The fourth-order valence-corrected chi connectivity index (χ4v) is 4.91. The predicted molar refractivity (Wildman–Crippen MR) is 151 cm³/mol. The van der Waals surface area contributed by atoms with Gasteiger partial charge in [0, 0.05) is 48.5 Å². The first-order chi connectivity index (χ1) is 22.0. The third-order valence-corrected chi connectivity index (χ3v) is 6.37. The summed E-state index contributed by atoms with van der Waals surface area (Å²) in [4.78, 5) is 84.3. The quantitative estimate of drug-likeness (QED) is 0.138. The second kappa shape index (κ2) is 18.3. The van der Waals surface area contributed by atoms with Gasteiger partial charge in [-0.25, -0.2) is 0 Å². The van der Waals surface area contributed by atoms with Crippen molar-refractivity contribution in [1.29, 1.82) is 0 Å². The third-order valence-electron chi connectivity index (χ3n) is 6.37. The smallest absolute Gasteiger partial charge is 0.303 e.